The summed E-state index contributed by atoms with van der Waals surface area (Å²) >= 11 is 0. The third-order valence-corrected chi connectivity index (χ3v) is 4.02. The minimum atomic E-state index is -1.62. The maximum Gasteiger partial charge on any atom is 0.176 e. The second-order valence-electron chi connectivity index (χ2n) is 5.49. The number of para-hydroxylation sites is 1. The molecule has 0 aliphatic rings. The molecule has 5 heteroatoms. The molecule has 2 aromatic carbocycles. The molecule has 0 aliphatic carbocycles. The summed E-state index contributed by atoms with van der Waals surface area (Å²) in [5.74, 6) is -0.0554. The first kappa shape index (κ1) is 14.5. The Morgan fingerprint density at radius 1 is 0.917 bits per heavy atom. The topological polar surface area (TPSA) is 59.2 Å². The lowest BCUT2D eigenvalue weighted by Crippen LogP contribution is -2.28. The molecule has 4 nitrogen and oxygen atoms in total. The number of fused-ring (bicyclic) bond motifs is 1. The highest BCUT2D eigenvalue weighted by Crippen LogP contribution is 2.38. The minimum Gasteiger partial charge on any atom is -0.457 e. The van der Waals surface area contributed by atoms with E-state index >= 15 is 0 Å². The van der Waals surface area contributed by atoms with Crippen LogP contribution >= 0.6 is 0 Å². The Morgan fingerprint density at radius 3 is 2.33 bits per heavy atom. The summed E-state index contributed by atoms with van der Waals surface area (Å²) in [7, 11) is 0. The largest absolute Gasteiger partial charge is 0.457 e. The van der Waals surface area contributed by atoms with Crippen LogP contribution in [0.5, 0.6) is 0 Å². The summed E-state index contributed by atoms with van der Waals surface area (Å²) in [4.78, 5) is 7.97. The monoisotopic (exact) mass is 320 g/mol. The normalized spacial score (nSPS) is 13.8. The van der Waals surface area contributed by atoms with E-state index < -0.39 is 5.60 Å². The standard InChI is InChI=1S/C19H13FN2O2/c20-16-7-5-14(6-8-16)19(23,15-10-21-12-22-11-15)18-9-13-3-1-2-4-17(13)24-18/h1-12,23H. The fourth-order valence-corrected chi connectivity index (χ4v) is 2.79. The third kappa shape index (κ3) is 2.26. The van der Waals surface area contributed by atoms with Crippen molar-refractivity contribution in [3.8, 4) is 0 Å². The average Bonchev–Trinajstić information content (AvgIpc) is 3.07. The second kappa shape index (κ2) is 5.54. The van der Waals surface area contributed by atoms with Gasteiger partial charge in [-0.15, -0.1) is 0 Å². The van der Waals surface area contributed by atoms with Gasteiger partial charge in [-0.2, -0.15) is 0 Å². The molecule has 118 valence electrons. The van der Waals surface area contributed by atoms with Gasteiger partial charge in [-0.3, -0.25) is 0 Å². The molecule has 0 saturated heterocycles. The number of hydrogen-bond acceptors (Lipinski definition) is 4. The van der Waals surface area contributed by atoms with Crippen LogP contribution in [0.3, 0.4) is 0 Å². The van der Waals surface area contributed by atoms with E-state index in [1.807, 2.05) is 24.3 Å². The van der Waals surface area contributed by atoms with Crippen molar-refractivity contribution in [3.63, 3.8) is 0 Å². The molecule has 2 heterocycles. The average molecular weight is 320 g/mol. The van der Waals surface area contributed by atoms with E-state index in [-0.39, 0.29) is 5.82 Å². The van der Waals surface area contributed by atoms with Gasteiger partial charge in [-0.05, 0) is 29.8 Å². The van der Waals surface area contributed by atoms with E-state index in [1.165, 1.54) is 43.0 Å². The highest BCUT2D eigenvalue weighted by atomic mass is 19.1. The van der Waals surface area contributed by atoms with Gasteiger partial charge in [0, 0.05) is 23.3 Å². The van der Waals surface area contributed by atoms with E-state index in [9.17, 15) is 9.50 Å². The zero-order valence-electron chi connectivity index (χ0n) is 12.6. The van der Waals surface area contributed by atoms with Crippen molar-refractivity contribution in [1.82, 2.24) is 9.97 Å². The Morgan fingerprint density at radius 2 is 1.62 bits per heavy atom. The van der Waals surface area contributed by atoms with Gasteiger partial charge < -0.3 is 9.52 Å². The molecule has 0 amide bonds. The molecule has 4 rings (SSSR count). The highest BCUT2D eigenvalue weighted by molar-refractivity contribution is 5.78. The molecule has 1 unspecified atom stereocenters. The first-order valence-corrected chi connectivity index (χ1v) is 7.41. The highest BCUT2D eigenvalue weighted by Gasteiger charge is 2.38. The van der Waals surface area contributed by atoms with E-state index in [0.717, 1.165) is 5.39 Å². The Hall–Kier alpha value is -3.05. The van der Waals surface area contributed by atoms with Crippen LogP contribution in [0.15, 0.2) is 77.7 Å². The van der Waals surface area contributed by atoms with Gasteiger partial charge in [0.1, 0.15) is 23.5 Å². The molecule has 0 aliphatic heterocycles. The van der Waals surface area contributed by atoms with Crippen LogP contribution in [0, 0.1) is 5.82 Å². The van der Waals surface area contributed by atoms with E-state index in [2.05, 4.69) is 9.97 Å². The van der Waals surface area contributed by atoms with Crippen LogP contribution in [0.2, 0.25) is 0 Å². The number of halogens is 1. The summed E-state index contributed by atoms with van der Waals surface area (Å²) in [5.41, 5.74) is -0.0492. The van der Waals surface area contributed by atoms with Crippen molar-refractivity contribution in [2.24, 2.45) is 0 Å². The second-order valence-corrected chi connectivity index (χ2v) is 5.49. The predicted molar refractivity (Wildman–Crippen MR) is 86.7 cm³/mol. The number of aromatic nitrogens is 2. The molecular weight excluding hydrogens is 307 g/mol. The molecule has 4 aromatic rings. The molecule has 0 spiro atoms. The summed E-state index contributed by atoms with van der Waals surface area (Å²) in [5, 5.41) is 12.4. The third-order valence-electron chi connectivity index (χ3n) is 4.02. The van der Waals surface area contributed by atoms with Gasteiger partial charge in [0.15, 0.2) is 5.60 Å². The zero-order chi connectivity index (χ0) is 16.6. The number of aliphatic hydroxyl groups is 1. The zero-order valence-corrected chi connectivity index (χ0v) is 12.6. The summed E-state index contributed by atoms with van der Waals surface area (Å²) < 4.78 is 19.2. The molecule has 2 aromatic heterocycles. The van der Waals surface area contributed by atoms with E-state index in [4.69, 9.17) is 4.42 Å². The molecule has 1 atom stereocenters. The maximum atomic E-state index is 13.3. The lowest BCUT2D eigenvalue weighted by atomic mass is 9.85. The number of benzene rings is 2. The Balaban J connectivity index is 1.98. The van der Waals surface area contributed by atoms with Crippen LogP contribution < -0.4 is 0 Å². The summed E-state index contributed by atoms with van der Waals surface area (Å²) in [6.07, 6.45) is 4.42. The minimum absolute atomic E-state index is 0.324. The molecule has 0 fully saturated rings. The van der Waals surface area contributed by atoms with Gasteiger partial charge in [0.25, 0.3) is 0 Å². The van der Waals surface area contributed by atoms with Crippen molar-refractivity contribution in [3.05, 3.63) is 96.0 Å². The number of nitrogens with zero attached hydrogens (tertiary/aromatic N) is 2. The van der Waals surface area contributed by atoms with Crippen LogP contribution in [0.25, 0.3) is 11.0 Å². The van der Waals surface area contributed by atoms with Gasteiger partial charge in [-0.1, -0.05) is 30.3 Å². The Labute approximate surface area is 137 Å². The van der Waals surface area contributed by atoms with Crippen molar-refractivity contribution < 1.29 is 13.9 Å². The van der Waals surface area contributed by atoms with Crippen molar-refractivity contribution in [2.75, 3.05) is 0 Å². The van der Waals surface area contributed by atoms with Crippen LogP contribution in [-0.4, -0.2) is 15.1 Å². The fraction of sp³-hybridized carbons (Fsp3) is 0.0526. The van der Waals surface area contributed by atoms with Crippen LogP contribution in [0.1, 0.15) is 16.9 Å². The van der Waals surface area contributed by atoms with Crippen LogP contribution in [0.4, 0.5) is 4.39 Å². The fourth-order valence-electron chi connectivity index (χ4n) is 2.79. The van der Waals surface area contributed by atoms with Crippen molar-refractivity contribution in [2.45, 2.75) is 5.60 Å². The molecule has 0 bridgehead atoms. The molecule has 1 N–H and O–H groups in total. The predicted octanol–water partition coefficient (Wildman–Crippen LogP) is 3.65. The summed E-state index contributed by atoms with van der Waals surface area (Å²) in [6.45, 7) is 0. The lowest BCUT2D eigenvalue weighted by Gasteiger charge is -2.26. The maximum absolute atomic E-state index is 13.3. The molecule has 0 radical (unpaired) electrons. The van der Waals surface area contributed by atoms with Crippen LogP contribution in [-0.2, 0) is 5.60 Å². The lowest BCUT2D eigenvalue weighted by molar-refractivity contribution is 0.100. The van der Waals surface area contributed by atoms with Gasteiger partial charge in [-0.25, -0.2) is 14.4 Å². The SMILES string of the molecule is OC(c1ccc(F)cc1)(c1cncnc1)c1cc2ccccc2o1. The molecule has 0 saturated carbocycles. The molecular formula is C19H13FN2O2. The summed E-state index contributed by atoms with van der Waals surface area (Å²) in [6, 6.07) is 14.9. The quantitative estimate of drug-likeness (QED) is 0.626. The van der Waals surface area contributed by atoms with Gasteiger partial charge in [0.05, 0.1) is 0 Å². The van der Waals surface area contributed by atoms with Crippen molar-refractivity contribution in [1.29, 1.82) is 0 Å². The first-order chi connectivity index (χ1) is 11.7. The Kier molecular flexibility index (Phi) is 3.36. The van der Waals surface area contributed by atoms with E-state index in [1.54, 1.807) is 6.07 Å². The first-order valence-electron chi connectivity index (χ1n) is 7.41. The molecule has 24 heavy (non-hydrogen) atoms. The number of rotatable bonds is 3. The van der Waals surface area contributed by atoms with Crippen molar-refractivity contribution >= 4 is 11.0 Å². The van der Waals surface area contributed by atoms with Gasteiger partial charge >= 0.3 is 0 Å². The Bertz CT molecular complexity index is 950. The number of hydrogen-bond donors (Lipinski definition) is 1. The number of furan rings is 1. The van der Waals surface area contributed by atoms with Gasteiger partial charge in [0.2, 0.25) is 0 Å². The van der Waals surface area contributed by atoms with E-state index in [0.29, 0.717) is 22.5 Å². The smallest absolute Gasteiger partial charge is 0.176 e.